The van der Waals surface area contributed by atoms with E-state index in [9.17, 15) is 22.4 Å². The van der Waals surface area contributed by atoms with E-state index in [1.165, 1.54) is 18.3 Å². The van der Waals surface area contributed by atoms with E-state index in [0.717, 1.165) is 11.0 Å². The molecule has 0 unspecified atom stereocenters. The Bertz CT molecular complexity index is 987. The van der Waals surface area contributed by atoms with E-state index in [-0.39, 0.29) is 6.54 Å². The van der Waals surface area contributed by atoms with Gasteiger partial charge in [0.2, 0.25) is 5.91 Å². The highest BCUT2D eigenvalue weighted by molar-refractivity contribution is 5.84. The summed E-state index contributed by atoms with van der Waals surface area (Å²) in [6, 6.07) is 6.50. The summed E-state index contributed by atoms with van der Waals surface area (Å²) < 4.78 is 54.3. The van der Waals surface area contributed by atoms with Gasteiger partial charge in [0.05, 0.1) is 24.1 Å². The average Bonchev–Trinajstić information content (AvgIpc) is 2.94. The third-order valence-corrected chi connectivity index (χ3v) is 4.32. The van der Waals surface area contributed by atoms with E-state index in [4.69, 9.17) is 0 Å². The van der Waals surface area contributed by atoms with Gasteiger partial charge in [0.15, 0.2) is 0 Å². The average molecular weight is 363 g/mol. The minimum Gasteiger partial charge on any atom is -0.337 e. The van der Waals surface area contributed by atoms with Crippen LogP contribution in [0.2, 0.25) is 0 Å². The highest BCUT2D eigenvalue weighted by Crippen LogP contribution is 2.28. The molecule has 0 atom stereocenters. The van der Waals surface area contributed by atoms with Gasteiger partial charge in [-0.2, -0.15) is 0 Å². The van der Waals surface area contributed by atoms with E-state index in [1.54, 1.807) is 22.9 Å². The number of rotatable bonds is 3. The van der Waals surface area contributed by atoms with E-state index in [0.29, 0.717) is 22.2 Å². The maximum atomic E-state index is 13.4. The molecule has 1 aliphatic rings. The molecule has 0 saturated carbocycles. The third-order valence-electron chi connectivity index (χ3n) is 4.32. The van der Waals surface area contributed by atoms with Crippen LogP contribution in [0.3, 0.4) is 0 Å². The molecule has 0 radical (unpaired) electrons. The number of fused-ring (bicyclic) bond motifs is 1. The van der Waals surface area contributed by atoms with Crippen molar-refractivity contribution in [3.63, 3.8) is 0 Å². The molecule has 0 aliphatic carbocycles. The zero-order valence-electron chi connectivity index (χ0n) is 13.4. The molecule has 4 rings (SSSR count). The number of pyridine rings is 1. The summed E-state index contributed by atoms with van der Waals surface area (Å²) in [7, 11) is 0. The van der Waals surface area contributed by atoms with Gasteiger partial charge in [-0.05, 0) is 29.8 Å². The molecule has 4 nitrogen and oxygen atoms in total. The van der Waals surface area contributed by atoms with Crippen molar-refractivity contribution >= 4 is 16.9 Å². The van der Waals surface area contributed by atoms with Crippen LogP contribution in [-0.2, 0) is 11.3 Å². The summed E-state index contributed by atoms with van der Waals surface area (Å²) >= 11 is 0. The minimum absolute atomic E-state index is 0.109. The van der Waals surface area contributed by atoms with Crippen LogP contribution in [0.1, 0.15) is 0 Å². The Morgan fingerprint density at radius 3 is 2.42 bits per heavy atom. The number of hydrogen-bond donors (Lipinski definition) is 0. The molecule has 0 N–H and O–H groups in total. The first-order chi connectivity index (χ1) is 12.3. The van der Waals surface area contributed by atoms with Gasteiger partial charge in [-0.25, -0.2) is 17.6 Å². The van der Waals surface area contributed by atoms with Crippen molar-refractivity contribution in [1.82, 2.24) is 14.5 Å². The Balaban J connectivity index is 1.64. The smallest absolute Gasteiger partial charge is 0.282 e. The largest absolute Gasteiger partial charge is 0.337 e. The molecule has 1 aliphatic heterocycles. The Morgan fingerprint density at radius 1 is 1.08 bits per heavy atom. The molecule has 1 fully saturated rings. The van der Waals surface area contributed by atoms with Crippen LogP contribution in [0.15, 0.2) is 42.7 Å². The first-order valence-corrected chi connectivity index (χ1v) is 7.88. The maximum Gasteiger partial charge on any atom is 0.282 e. The zero-order chi connectivity index (χ0) is 18.5. The second-order valence-corrected chi connectivity index (χ2v) is 6.34. The standard InChI is InChI=1S/C18H13F4N3O/c19-13-3-11(4-14(20)6-13)12-5-16-15(23-7-12)1-2-24(16)8-17(26)25-9-18(21,22)10-25/h1-7H,8-10H2. The number of likely N-dealkylation sites (tertiary alicyclic amines) is 1. The number of carbonyl (C=O) groups is 1. The minimum atomic E-state index is -2.81. The molecule has 0 bridgehead atoms. The Labute approximate surface area is 145 Å². The summed E-state index contributed by atoms with van der Waals surface area (Å²) in [5.74, 6) is -4.64. The lowest BCUT2D eigenvalue weighted by molar-refractivity contribution is -0.166. The van der Waals surface area contributed by atoms with Gasteiger partial charge in [-0.1, -0.05) is 0 Å². The molecule has 3 aromatic rings. The van der Waals surface area contributed by atoms with Gasteiger partial charge >= 0.3 is 0 Å². The highest BCUT2D eigenvalue weighted by Gasteiger charge is 2.46. The lowest BCUT2D eigenvalue weighted by atomic mass is 10.1. The second kappa shape index (κ2) is 5.82. The van der Waals surface area contributed by atoms with E-state index in [1.807, 2.05) is 0 Å². The third kappa shape index (κ3) is 3.02. The quantitative estimate of drug-likeness (QED) is 0.669. The van der Waals surface area contributed by atoms with Gasteiger partial charge < -0.3 is 9.47 Å². The van der Waals surface area contributed by atoms with Crippen LogP contribution < -0.4 is 0 Å². The molecule has 1 saturated heterocycles. The van der Waals surface area contributed by atoms with Crippen LogP contribution in [-0.4, -0.2) is 39.4 Å². The topological polar surface area (TPSA) is 38.1 Å². The van der Waals surface area contributed by atoms with Gasteiger partial charge in [-0.15, -0.1) is 0 Å². The summed E-state index contributed by atoms with van der Waals surface area (Å²) in [6.45, 7) is -1.25. The molecule has 1 amide bonds. The molecule has 134 valence electrons. The fraction of sp³-hybridized carbons (Fsp3) is 0.222. The second-order valence-electron chi connectivity index (χ2n) is 6.34. The highest BCUT2D eigenvalue weighted by atomic mass is 19.3. The van der Waals surface area contributed by atoms with Crippen LogP contribution in [0, 0.1) is 11.6 Å². The number of carbonyl (C=O) groups excluding carboxylic acids is 1. The number of alkyl halides is 2. The van der Waals surface area contributed by atoms with E-state index in [2.05, 4.69) is 4.98 Å². The SMILES string of the molecule is O=C(Cn1ccc2ncc(-c3cc(F)cc(F)c3)cc21)N1CC(F)(F)C1. The van der Waals surface area contributed by atoms with E-state index < -0.39 is 36.6 Å². The number of benzene rings is 1. The van der Waals surface area contributed by atoms with Crippen LogP contribution in [0.25, 0.3) is 22.2 Å². The summed E-state index contributed by atoms with van der Waals surface area (Å²) in [6.07, 6.45) is 3.11. The van der Waals surface area contributed by atoms with Crippen molar-refractivity contribution in [3.8, 4) is 11.1 Å². The van der Waals surface area contributed by atoms with Crippen molar-refractivity contribution in [3.05, 3.63) is 54.4 Å². The van der Waals surface area contributed by atoms with E-state index >= 15 is 0 Å². The molecule has 2 aromatic heterocycles. The molecular weight excluding hydrogens is 350 g/mol. The van der Waals surface area contributed by atoms with Crippen molar-refractivity contribution < 1.29 is 22.4 Å². The Hall–Kier alpha value is -2.90. The molecular formula is C18H13F4N3O. The Morgan fingerprint density at radius 2 is 1.77 bits per heavy atom. The molecule has 1 aromatic carbocycles. The fourth-order valence-electron chi connectivity index (χ4n) is 3.01. The lowest BCUT2D eigenvalue weighted by Crippen LogP contribution is -2.59. The van der Waals surface area contributed by atoms with Crippen molar-refractivity contribution in [1.29, 1.82) is 0 Å². The first kappa shape index (κ1) is 16.6. The van der Waals surface area contributed by atoms with Gasteiger partial charge in [0, 0.05) is 24.0 Å². The van der Waals surface area contributed by atoms with Gasteiger partial charge in [0.25, 0.3) is 5.92 Å². The molecule has 0 spiro atoms. The van der Waals surface area contributed by atoms with Gasteiger partial charge in [0.1, 0.15) is 18.2 Å². The van der Waals surface area contributed by atoms with Crippen LogP contribution in [0.5, 0.6) is 0 Å². The van der Waals surface area contributed by atoms with Crippen molar-refractivity contribution in [2.24, 2.45) is 0 Å². The van der Waals surface area contributed by atoms with Crippen molar-refractivity contribution in [2.75, 3.05) is 13.1 Å². The predicted molar refractivity (Wildman–Crippen MR) is 86.6 cm³/mol. The lowest BCUT2D eigenvalue weighted by Gasteiger charge is -2.38. The van der Waals surface area contributed by atoms with Crippen LogP contribution in [0.4, 0.5) is 17.6 Å². The monoisotopic (exact) mass is 363 g/mol. The molecule has 3 heterocycles. The predicted octanol–water partition coefficient (Wildman–Crippen LogP) is 3.46. The number of halogens is 4. The zero-order valence-corrected chi connectivity index (χ0v) is 13.4. The van der Waals surface area contributed by atoms with Crippen molar-refractivity contribution in [2.45, 2.75) is 12.5 Å². The number of nitrogens with zero attached hydrogens (tertiary/aromatic N) is 3. The molecule has 8 heteroatoms. The normalized spacial score (nSPS) is 15.9. The molecule has 26 heavy (non-hydrogen) atoms. The fourth-order valence-corrected chi connectivity index (χ4v) is 3.01. The first-order valence-electron chi connectivity index (χ1n) is 7.88. The number of hydrogen-bond acceptors (Lipinski definition) is 2. The summed E-state index contributed by atoms with van der Waals surface area (Å²) in [5, 5.41) is 0. The Kier molecular flexibility index (Phi) is 3.71. The maximum absolute atomic E-state index is 13.4. The summed E-state index contributed by atoms with van der Waals surface area (Å²) in [4.78, 5) is 17.4. The number of aromatic nitrogens is 2. The van der Waals surface area contributed by atoms with Gasteiger partial charge in [-0.3, -0.25) is 9.78 Å². The number of amides is 1. The summed E-state index contributed by atoms with van der Waals surface area (Å²) in [5.41, 5.74) is 1.97. The van der Waals surface area contributed by atoms with Crippen LogP contribution >= 0.6 is 0 Å².